The zero-order valence-electron chi connectivity index (χ0n) is 14.5. The van der Waals surface area contributed by atoms with Crippen molar-refractivity contribution >= 4 is 20.8 Å². The molecule has 0 radical (unpaired) electrons. The third-order valence-electron chi connectivity index (χ3n) is 5.65. The van der Waals surface area contributed by atoms with Crippen LogP contribution in [0.4, 0.5) is 0 Å². The van der Waals surface area contributed by atoms with E-state index in [-0.39, 0.29) is 22.0 Å². The molecule has 1 atom stereocenters. The van der Waals surface area contributed by atoms with Crippen LogP contribution in [0.25, 0.3) is 10.8 Å². The van der Waals surface area contributed by atoms with Gasteiger partial charge in [-0.3, -0.25) is 9.69 Å². The predicted molar refractivity (Wildman–Crippen MR) is 97.1 cm³/mol. The monoisotopic (exact) mass is 361 g/mol. The van der Waals surface area contributed by atoms with E-state index in [9.17, 15) is 13.2 Å². The lowest BCUT2D eigenvalue weighted by Gasteiger charge is -2.42. The number of sulfonamides is 1. The van der Waals surface area contributed by atoms with Gasteiger partial charge >= 0.3 is 0 Å². The van der Waals surface area contributed by atoms with Crippen LogP contribution in [0.5, 0.6) is 0 Å². The van der Waals surface area contributed by atoms with Gasteiger partial charge in [-0.2, -0.15) is 4.31 Å². The number of aromatic nitrogens is 1. The summed E-state index contributed by atoms with van der Waals surface area (Å²) >= 11 is 0. The summed E-state index contributed by atoms with van der Waals surface area (Å²) in [6, 6.07) is 7.04. The molecule has 6 nitrogen and oxygen atoms in total. The highest BCUT2D eigenvalue weighted by atomic mass is 32.2. The summed E-state index contributed by atoms with van der Waals surface area (Å²) in [5.74, 6) is 0. The fraction of sp³-hybridized carbons (Fsp3) is 0.500. The summed E-state index contributed by atoms with van der Waals surface area (Å²) in [5.41, 5.74) is -0.0191. The molecule has 0 spiro atoms. The molecule has 1 aliphatic heterocycles. The van der Waals surface area contributed by atoms with Crippen molar-refractivity contribution in [3.05, 3.63) is 40.8 Å². The molecule has 2 fully saturated rings. The van der Waals surface area contributed by atoms with Gasteiger partial charge in [0.15, 0.2) is 0 Å². The number of nitrogens with one attached hydrogen (secondary N) is 1. The second-order valence-corrected chi connectivity index (χ2v) is 9.34. The summed E-state index contributed by atoms with van der Waals surface area (Å²) in [6.45, 7) is 6.05. The van der Waals surface area contributed by atoms with Crippen molar-refractivity contribution in [3.63, 3.8) is 0 Å². The smallest absolute Gasteiger partial charge is 0.255 e. The van der Waals surface area contributed by atoms with E-state index in [4.69, 9.17) is 0 Å². The lowest BCUT2D eigenvalue weighted by Crippen LogP contribution is -2.56. The fourth-order valence-electron chi connectivity index (χ4n) is 3.95. The molecule has 134 valence electrons. The summed E-state index contributed by atoms with van der Waals surface area (Å²) in [7, 11) is -3.65. The molecule has 1 aromatic carbocycles. The molecular formula is C18H23N3O3S. The van der Waals surface area contributed by atoms with E-state index in [0.29, 0.717) is 23.9 Å². The zero-order chi connectivity index (χ0) is 17.8. The number of hydrogen-bond donors (Lipinski definition) is 1. The number of hydrogen-bond acceptors (Lipinski definition) is 4. The van der Waals surface area contributed by atoms with Gasteiger partial charge in [0.2, 0.25) is 10.0 Å². The molecule has 0 amide bonds. The number of piperazine rings is 1. The normalized spacial score (nSPS) is 24.5. The quantitative estimate of drug-likeness (QED) is 0.904. The van der Waals surface area contributed by atoms with E-state index in [1.54, 1.807) is 28.6 Å². The SMILES string of the molecule is C[C@@H]1CN(S(=O)(=O)c2c[nH]c(=O)c3ccccc23)CCN1C1(C)CC1. The van der Waals surface area contributed by atoms with Crippen LogP contribution in [0.15, 0.2) is 40.2 Å². The van der Waals surface area contributed by atoms with Gasteiger partial charge in [0.05, 0.1) is 0 Å². The molecule has 7 heteroatoms. The lowest BCUT2D eigenvalue weighted by atomic mass is 10.1. The molecule has 1 N–H and O–H groups in total. The average Bonchev–Trinajstić information content (AvgIpc) is 3.33. The van der Waals surface area contributed by atoms with Gasteiger partial charge in [0.1, 0.15) is 4.90 Å². The van der Waals surface area contributed by atoms with Crippen LogP contribution in [0.2, 0.25) is 0 Å². The Kier molecular flexibility index (Phi) is 3.79. The number of fused-ring (bicyclic) bond motifs is 1. The number of benzene rings is 1. The minimum absolute atomic E-state index is 0.181. The third kappa shape index (κ3) is 2.70. The van der Waals surface area contributed by atoms with Crippen molar-refractivity contribution in [1.82, 2.24) is 14.2 Å². The predicted octanol–water partition coefficient (Wildman–Crippen LogP) is 1.78. The molecule has 0 bridgehead atoms. The minimum Gasteiger partial charge on any atom is -0.327 e. The van der Waals surface area contributed by atoms with Crippen LogP contribution in [0, 0.1) is 0 Å². The molecule has 0 unspecified atom stereocenters. The summed E-state index contributed by atoms with van der Waals surface area (Å²) in [5, 5.41) is 0.885. The molecule has 2 aromatic rings. The van der Waals surface area contributed by atoms with Crippen LogP contribution < -0.4 is 5.56 Å². The van der Waals surface area contributed by atoms with Crippen molar-refractivity contribution < 1.29 is 8.42 Å². The van der Waals surface area contributed by atoms with Crippen LogP contribution in [-0.2, 0) is 10.0 Å². The Morgan fingerprint density at radius 1 is 1.16 bits per heavy atom. The Bertz CT molecular complexity index is 978. The second kappa shape index (κ2) is 5.65. The lowest BCUT2D eigenvalue weighted by molar-refractivity contribution is 0.0783. The van der Waals surface area contributed by atoms with Crippen LogP contribution in [0.3, 0.4) is 0 Å². The van der Waals surface area contributed by atoms with E-state index in [1.807, 2.05) is 0 Å². The Morgan fingerprint density at radius 3 is 2.48 bits per heavy atom. The Morgan fingerprint density at radius 2 is 1.84 bits per heavy atom. The van der Waals surface area contributed by atoms with Gasteiger partial charge in [0.25, 0.3) is 5.56 Å². The number of rotatable bonds is 3. The van der Waals surface area contributed by atoms with Gasteiger partial charge in [0, 0.05) is 48.2 Å². The van der Waals surface area contributed by atoms with Gasteiger partial charge in [-0.15, -0.1) is 0 Å². The fourth-order valence-corrected chi connectivity index (χ4v) is 5.62. The Hall–Kier alpha value is -1.70. The van der Waals surface area contributed by atoms with Crippen molar-refractivity contribution in [2.24, 2.45) is 0 Å². The number of pyridine rings is 1. The molecule has 1 aliphatic carbocycles. The topological polar surface area (TPSA) is 73.5 Å². The maximum atomic E-state index is 13.2. The Labute approximate surface area is 147 Å². The van der Waals surface area contributed by atoms with Crippen molar-refractivity contribution in [2.45, 2.75) is 43.2 Å². The average molecular weight is 361 g/mol. The molecule has 25 heavy (non-hydrogen) atoms. The molecule has 2 aliphatic rings. The minimum atomic E-state index is -3.65. The summed E-state index contributed by atoms with van der Waals surface area (Å²) in [6.07, 6.45) is 3.71. The number of nitrogens with zero attached hydrogens (tertiary/aromatic N) is 2. The highest BCUT2D eigenvalue weighted by Gasteiger charge is 2.47. The van der Waals surface area contributed by atoms with Crippen molar-refractivity contribution in [1.29, 1.82) is 0 Å². The van der Waals surface area contributed by atoms with Crippen LogP contribution in [0.1, 0.15) is 26.7 Å². The van der Waals surface area contributed by atoms with Crippen molar-refractivity contribution in [3.8, 4) is 0 Å². The van der Waals surface area contributed by atoms with E-state index in [0.717, 1.165) is 6.54 Å². The first kappa shape index (κ1) is 16.8. The van der Waals surface area contributed by atoms with Gasteiger partial charge in [-0.05, 0) is 32.8 Å². The molecule has 1 saturated carbocycles. The van der Waals surface area contributed by atoms with E-state index >= 15 is 0 Å². The van der Waals surface area contributed by atoms with Crippen molar-refractivity contribution in [2.75, 3.05) is 19.6 Å². The molecule has 1 aromatic heterocycles. The van der Waals surface area contributed by atoms with Gasteiger partial charge < -0.3 is 4.98 Å². The van der Waals surface area contributed by atoms with Gasteiger partial charge in [-0.1, -0.05) is 18.2 Å². The highest BCUT2D eigenvalue weighted by Crippen LogP contribution is 2.43. The molecule has 4 rings (SSSR count). The summed E-state index contributed by atoms with van der Waals surface area (Å²) in [4.78, 5) is 17.2. The van der Waals surface area contributed by atoms with Crippen LogP contribution >= 0.6 is 0 Å². The number of H-pyrrole nitrogens is 1. The number of aromatic amines is 1. The maximum Gasteiger partial charge on any atom is 0.255 e. The molecule has 1 saturated heterocycles. The first-order valence-electron chi connectivity index (χ1n) is 8.70. The van der Waals surface area contributed by atoms with E-state index in [1.165, 1.54) is 19.0 Å². The maximum absolute atomic E-state index is 13.2. The first-order valence-corrected chi connectivity index (χ1v) is 10.1. The largest absolute Gasteiger partial charge is 0.327 e. The van der Waals surface area contributed by atoms with E-state index in [2.05, 4.69) is 23.7 Å². The van der Waals surface area contributed by atoms with E-state index < -0.39 is 10.0 Å². The molecular weight excluding hydrogens is 338 g/mol. The molecule has 2 heterocycles. The Balaban J connectivity index is 1.69. The van der Waals surface area contributed by atoms with Gasteiger partial charge in [-0.25, -0.2) is 8.42 Å². The van der Waals surface area contributed by atoms with Crippen LogP contribution in [-0.4, -0.2) is 53.8 Å². The summed E-state index contributed by atoms with van der Waals surface area (Å²) < 4.78 is 28.0. The highest BCUT2D eigenvalue weighted by molar-refractivity contribution is 7.89. The second-order valence-electron chi connectivity index (χ2n) is 7.43. The third-order valence-corrected chi connectivity index (χ3v) is 7.55. The standard InChI is InChI=1S/C18H23N3O3S/c1-13-12-20(9-10-21(13)18(2)7-8-18)25(23,24)16-11-19-17(22)15-6-4-3-5-14(15)16/h3-6,11,13H,7-10,12H2,1-2H3,(H,19,22)/t13-/m1/s1. The zero-order valence-corrected chi connectivity index (χ0v) is 15.3. The first-order chi connectivity index (χ1) is 11.8.